The number of aliphatic imine (C=N–C) groups is 1. The fourth-order valence-electron chi connectivity index (χ4n) is 1.49. The summed E-state index contributed by atoms with van der Waals surface area (Å²) in [4.78, 5) is 7.06. The maximum atomic E-state index is 7.43. The molecule has 0 saturated carbocycles. The number of guanidine groups is 1. The van der Waals surface area contributed by atoms with Crippen LogP contribution in [0.5, 0.6) is 0 Å². The van der Waals surface area contributed by atoms with Crippen molar-refractivity contribution in [3.05, 3.63) is 5.41 Å². The van der Waals surface area contributed by atoms with Crippen molar-refractivity contribution in [1.82, 2.24) is 9.80 Å². The van der Waals surface area contributed by atoms with Crippen molar-refractivity contribution in [1.29, 1.82) is 5.26 Å². The quantitative estimate of drug-likeness (QED) is 0.308. The van der Waals surface area contributed by atoms with Crippen molar-refractivity contribution in [3.8, 4) is 6.19 Å². The lowest BCUT2D eigenvalue weighted by Gasteiger charge is -2.22. The molecule has 0 aliphatic heterocycles. The third-order valence-electron chi connectivity index (χ3n) is 1.95. The molecular weight excluding hydrogens is 216 g/mol. The molecule has 0 aromatic carbocycles. The third kappa shape index (κ3) is 8.00. The van der Waals surface area contributed by atoms with Gasteiger partial charge in [0.2, 0.25) is 0 Å². The fourth-order valence-corrected chi connectivity index (χ4v) is 1.49. The largest absolute Gasteiger partial charge is 0.422 e. The van der Waals surface area contributed by atoms with Crippen molar-refractivity contribution in [3.63, 3.8) is 0 Å². The zero-order valence-electron chi connectivity index (χ0n) is 11.6. The SMILES string of the molecule is CCN(CC)C(N(C)C)=[N+](C)C.N#CN=C=[N-]. The maximum Gasteiger partial charge on any atom is 0.349 e. The van der Waals surface area contributed by atoms with Crippen LogP contribution in [0.2, 0.25) is 0 Å². The first kappa shape index (κ1) is 17.5. The monoisotopic (exact) mass is 238 g/mol. The highest BCUT2D eigenvalue weighted by molar-refractivity contribution is 5.74. The lowest BCUT2D eigenvalue weighted by atomic mass is 10.5. The molecule has 0 aliphatic carbocycles. The molecule has 0 aliphatic rings. The Hall–Kier alpha value is -1.86. The van der Waals surface area contributed by atoms with E-state index in [2.05, 4.69) is 61.4 Å². The first-order valence-electron chi connectivity index (χ1n) is 5.40. The van der Waals surface area contributed by atoms with Crippen molar-refractivity contribution in [2.75, 3.05) is 41.3 Å². The van der Waals surface area contributed by atoms with E-state index in [9.17, 15) is 0 Å². The molecule has 0 heterocycles. The maximum absolute atomic E-state index is 7.43. The molecule has 0 rings (SSSR count). The molecule has 96 valence electrons. The molecule has 0 N–H and O–H groups in total. The molecule has 0 fully saturated rings. The average molecular weight is 238 g/mol. The van der Waals surface area contributed by atoms with Gasteiger partial charge in [-0.1, -0.05) is 0 Å². The Morgan fingerprint density at radius 3 is 1.82 bits per heavy atom. The lowest BCUT2D eigenvalue weighted by Crippen LogP contribution is -2.45. The van der Waals surface area contributed by atoms with E-state index in [1.165, 1.54) is 18.2 Å². The van der Waals surface area contributed by atoms with E-state index in [1.54, 1.807) is 0 Å². The summed E-state index contributed by atoms with van der Waals surface area (Å²) in [5, 5.41) is 14.9. The van der Waals surface area contributed by atoms with Crippen LogP contribution >= 0.6 is 0 Å². The van der Waals surface area contributed by atoms with Crippen molar-refractivity contribution in [2.24, 2.45) is 4.99 Å². The van der Waals surface area contributed by atoms with Gasteiger partial charge in [0.15, 0.2) is 0 Å². The van der Waals surface area contributed by atoms with E-state index in [0.29, 0.717) is 0 Å². The number of nitriles is 1. The van der Waals surface area contributed by atoms with Gasteiger partial charge in [-0.25, -0.2) is 0 Å². The summed E-state index contributed by atoms with van der Waals surface area (Å²) in [5.41, 5.74) is 0. The normalized spacial score (nSPS) is 7.82. The highest BCUT2D eigenvalue weighted by Crippen LogP contribution is 1.93. The second-order valence-corrected chi connectivity index (χ2v) is 3.57. The van der Waals surface area contributed by atoms with Crippen LogP contribution in [0.15, 0.2) is 4.99 Å². The molecule has 0 bridgehead atoms. The van der Waals surface area contributed by atoms with Crippen molar-refractivity contribution in [2.45, 2.75) is 13.8 Å². The fraction of sp³-hybridized carbons (Fsp3) is 0.727. The van der Waals surface area contributed by atoms with Crippen LogP contribution < -0.4 is 0 Å². The van der Waals surface area contributed by atoms with Gasteiger partial charge < -0.3 is 10.4 Å². The Labute approximate surface area is 104 Å². The molecule has 0 radical (unpaired) electrons. The summed E-state index contributed by atoms with van der Waals surface area (Å²) in [6.07, 6.45) is 1.28. The van der Waals surface area contributed by atoms with Gasteiger partial charge in [0.05, 0.1) is 47.5 Å². The summed E-state index contributed by atoms with van der Waals surface area (Å²) in [5.74, 6) is 1.26. The molecule has 0 spiro atoms. The molecule has 0 aromatic rings. The zero-order valence-corrected chi connectivity index (χ0v) is 11.6. The minimum absolute atomic E-state index is 1.06. The van der Waals surface area contributed by atoms with Crippen LogP contribution in [-0.2, 0) is 0 Å². The van der Waals surface area contributed by atoms with E-state index in [-0.39, 0.29) is 0 Å². The van der Waals surface area contributed by atoms with Crippen LogP contribution in [0, 0.1) is 11.5 Å². The van der Waals surface area contributed by atoms with Gasteiger partial charge >= 0.3 is 5.96 Å². The molecule has 0 aromatic heterocycles. The molecule has 6 nitrogen and oxygen atoms in total. The third-order valence-corrected chi connectivity index (χ3v) is 1.95. The van der Waals surface area contributed by atoms with Crippen molar-refractivity contribution < 1.29 is 4.58 Å². The second-order valence-electron chi connectivity index (χ2n) is 3.57. The van der Waals surface area contributed by atoms with E-state index in [0.717, 1.165) is 13.1 Å². The van der Waals surface area contributed by atoms with Gasteiger partial charge in [-0.05, 0) is 13.8 Å². The number of nitrogens with zero attached hydrogens (tertiary/aromatic N) is 6. The Morgan fingerprint density at radius 1 is 1.29 bits per heavy atom. The van der Waals surface area contributed by atoms with Crippen LogP contribution in [0.3, 0.4) is 0 Å². The average Bonchev–Trinajstić information content (AvgIpc) is 2.26. The van der Waals surface area contributed by atoms with Gasteiger partial charge in [0.1, 0.15) is 0 Å². The van der Waals surface area contributed by atoms with E-state index in [4.69, 9.17) is 10.7 Å². The minimum atomic E-state index is 1.06. The predicted octanol–water partition coefficient (Wildman–Crippen LogP) is 0.729. The first-order chi connectivity index (χ1) is 7.95. The van der Waals surface area contributed by atoms with Gasteiger partial charge in [-0.3, -0.25) is 14.4 Å². The molecule has 17 heavy (non-hydrogen) atoms. The second kappa shape index (κ2) is 10.7. The van der Waals surface area contributed by atoms with Gasteiger partial charge in [0, 0.05) is 0 Å². The van der Waals surface area contributed by atoms with E-state index in [1.807, 2.05) is 0 Å². The highest BCUT2D eigenvalue weighted by atomic mass is 15.4. The summed E-state index contributed by atoms with van der Waals surface area (Å²) in [6, 6.07) is 1.28. The van der Waals surface area contributed by atoms with Crippen LogP contribution in [0.4, 0.5) is 0 Å². The molecule has 6 heteroatoms. The minimum Gasteiger partial charge on any atom is -0.422 e. The van der Waals surface area contributed by atoms with E-state index >= 15 is 0 Å². The standard InChI is InChI=1S/C9H22N3.C2N3/c1-7-12(8-2)9(10(3)4)11(5)6;3-1-5-2-4/h7-8H2,1-6H3;/q+1;-1. The molecule has 0 atom stereocenters. The van der Waals surface area contributed by atoms with E-state index < -0.39 is 0 Å². The van der Waals surface area contributed by atoms with Crippen LogP contribution in [0.25, 0.3) is 5.41 Å². The summed E-state index contributed by atoms with van der Waals surface area (Å²) < 4.78 is 2.15. The number of rotatable bonds is 2. The summed E-state index contributed by atoms with van der Waals surface area (Å²) in [7, 11) is 8.31. The Kier molecular flexibility index (Phi) is 11.0. The van der Waals surface area contributed by atoms with Gasteiger partial charge in [-0.15, -0.1) is 6.01 Å². The first-order valence-corrected chi connectivity index (χ1v) is 5.40. The van der Waals surface area contributed by atoms with Crippen LogP contribution in [-0.4, -0.2) is 67.6 Å². The summed E-state index contributed by atoms with van der Waals surface area (Å²) in [6.45, 7) is 6.47. The molecular formula is C11H22N6. The number of hydrogen-bond acceptors (Lipinski definition) is 2. The van der Waals surface area contributed by atoms with Gasteiger partial charge in [0.25, 0.3) is 0 Å². The summed E-state index contributed by atoms with van der Waals surface area (Å²) >= 11 is 0. The topological polar surface area (TPSA) is 67.9 Å². The van der Waals surface area contributed by atoms with Crippen LogP contribution in [0.1, 0.15) is 13.8 Å². The lowest BCUT2D eigenvalue weighted by molar-refractivity contribution is -0.475. The molecule has 0 saturated heterocycles. The highest BCUT2D eigenvalue weighted by Gasteiger charge is 2.18. The Bertz CT molecular complexity index is 311. The Morgan fingerprint density at radius 2 is 1.76 bits per heavy atom. The zero-order chi connectivity index (χ0) is 13.8. The van der Waals surface area contributed by atoms with Crippen molar-refractivity contribution >= 4 is 12.0 Å². The number of hydrogen-bond donors (Lipinski definition) is 0. The smallest absolute Gasteiger partial charge is 0.349 e. The van der Waals surface area contributed by atoms with Gasteiger partial charge in [-0.2, -0.15) is 5.26 Å². The molecule has 0 amide bonds. The Balaban J connectivity index is 0. The predicted molar refractivity (Wildman–Crippen MR) is 70.1 cm³/mol. The molecule has 0 unspecified atom stereocenters.